The van der Waals surface area contributed by atoms with Crippen LogP contribution in [0.5, 0.6) is 0 Å². The van der Waals surface area contributed by atoms with E-state index in [0.717, 1.165) is 18.2 Å². The van der Waals surface area contributed by atoms with Crippen LogP contribution in [0.1, 0.15) is 25.6 Å². The third kappa shape index (κ3) is 2.33. The number of hydrogen-bond donors (Lipinski definition) is 0. The molecule has 1 unspecified atom stereocenters. The Bertz CT molecular complexity index is 323. The van der Waals surface area contributed by atoms with Crippen LogP contribution in [0.4, 0.5) is 0 Å². The quantitative estimate of drug-likeness (QED) is 0.767. The average molecular weight is 226 g/mol. The van der Waals surface area contributed by atoms with E-state index in [1.807, 2.05) is 24.3 Å². The van der Waals surface area contributed by atoms with E-state index < -0.39 is 0 Å². The van der Waals surface area contributed by atoms with Crippen molar-refractivity contribution in [2.24, 2.45) is 0 Å². The summed E-state index contributed by atoms with van der Waals surface area (Å²) in [7, 11) is 0. The van der Waals surface area contributed by atoms with Gasteiger partial charge in [0.2, 0.25) is 0 Å². The first-order chi connectivity index (χ1) is 7.18. The molecule has 0 saturated carbocycles. The van der Waals surface area contributed by atoms with Crippen molar-refractivity contribution in [2.75, 3.05) is 13.2 Å². The molecule has 2 nitrogen and oxygen atoms in total. The van der Waals surface area contributed by atoms with Gasteiger partial charge >= 0.3 is 0 Å². The maximum absolute atomic E-state index is 5.86. The molecular weight excluding hydrogens is 210 g/mol. The lowest BCUT2D eigenvalue weighted by Crippen LogP contribution is -2.30. The Morgan fingerprint density at radius 3 is 2.60 bits per heavy atom. The van der Waals surface area contributed by atoms with E-state index in [1.54, 1.807) is 0 Å². The van der Waals surface area contributed by atoms with E-state index in [2.05, 4.69) is 18.7 Å². The molecule has 1 atom stereocenters. The van der Waals surface area contributed by atoms with Gasteiger partial charge in [-0.15, -0.1) is 0 Å². The lowest BCUT2D eigenvalue weighted by atomic mass is 10.1. The minimum Gasteiger partial charge on any atom is -0.358 e. The van der Waals surface area contributed by atoms with E-state index in [9.17, 15) is 0 Å². The van der Waals surface area contributed by atoms with Crippen LogP contribution in [-0.4, -0.2) is 24.1 Å². The van der Waals surface area contributed by atoms with Crippen molar-refractivity contribution in [1.29, 1.82) is 0 Å². The van der Waals surface area contributed by atoms with E-state index in [4.69, 9.17) is 16.3 Å². The van der Waals surface area contributed by atoms with Crippen LogP contribution in [-0.2, 0) is 4.74 Å². The Morgan fingerprint density at radius 1 is 1.33 bits per heavy atom. The molecule has 1 aromatic carbocycles. The van der Waals surface area contributed by atoms with Crippen LogP contribution in [0.25, 0.3) is 0 Å². The van der Waals surface area contributed by atoms with Gasteiger partial charge in [-0.2, -0.15) is 0 Å². The van der Waals surface area contributed by atoms with Crippen molar-refractivity contribution in [3.05, 3.63) is 34.9 Å². The van der Waals surface area contributed by atoms with Crippen molar-refractivity contribution in [1.82, 2.24) is 4.90 Å². The SMILES string of the molecule is CC(C)N1CCOC1c1ccc(Cl)cc1. The van der Waals surface area contributed by atoms with Gasteiger partial charge in [0.1, 0.15) is 6.23 Å². The zero-order valence-corrected chi connectivity index (χ0v) is 9.87. The molecule has 0 radical (unpaired) electrons. The normalized spacial score (nSPS) is 22.5. The van der Waals surface area contributed by atoms with Crippen LogP contribution in [0.3, 0.4) is 0 Å². The summed E-state index contributed by atoms with van der Waals surface area (Å²) in [5, 5.41) is 0.771. The summed E-state index contributed by atoms with van der Waals surface area (Å²) in [6.07, 6.45) is 0.0993. The molecule has 1 aromatic rings. The Hall–Kier alpha value is -0.570. The summed E-state index contributed by atoms with van der Waals surface area (Å²) in [6, 6.07) is 8.41. The number of hydrogen-bond acceptors (Lipinski definition) is 2. The summed E-state index contributed by atoms with van der Waals surface area (Å²) in [5.41, 5.74) is 1.19. The molecule has 0 N–H and O–H groups in total. The highest BCUT2D eigenvalue weighted by atomic mass is 35.5. The van der Waals surface area contributed by atoms with Gasteiger partial charge in [-0.25, -0.2) is 0 Å². The van der Waals surface area contributed by atoms with Gasteiger partial charge in [0.05, 0.1) is 6.61 Å². The predicted molar refractivity (Wildman–Crippen MR) is 62.0 cm³/mol. The molecular formula is C12H16ClNO. The minimum absolute atomic E-state index is 0.0993. The Balaban J connectivity index is 2.19. The second kappa shape index (κ2) is 4.52. The minimum atomic E-state index is 0.0993. The first-order valence-electron chi connectivity index (χ1n) is 5.31. The zero-order valence-electron chi connectivity index (χ0n) is 9.11. The molecule has 0 amide bonds. The molecule has 0 aliphatic carbocycles. The summed E-state index contributed by atoms with van der Waals surface area (Å²) in [5.74, 6) is 0. The summed E-state index contributed by atoms with van der Waals surface area (Å²) in [6.45, 7) is 6.20. The van der Waals surface area contributed by atoms with Crippen molar-refractivity contribution < 1.29 is 4.74 Å². The summed E-state index contributed by atoms with van der Waals surface area (Å²) < 4.78 is 5.74. The highest BCUT2D eigenvalue weighted by molar-refractivity contribution is 6.30. The number of rotatable bonds is 2. The summed E-state index contributed by atoms with van der Waals surface area (Å²) >= 11 is 5.86. The Kier molecular flexibility index (Phi) is 3.29. The van der Waals surface area contributed by atoms with Crippen molar-refractivity contribution >= 4 is 11.6 Å². The van der Waals surface area contributed by atoms with E-state index in [-0.39, 0.29) is 6.23 Å². The first-order valence-corrected chi connectivity index (χ1v) is 5.69. The molecule has 0 spiro atoms. The van der Waals surface area contributed by atoms with E-state index in [0.29, 0.717) is 6.04 Å². The lowest BCUT2D eigenvalue weighted by molar-refractivity contribution is 0.0181. The largest absolute Gasteiger partial charge is 0.358 e. The van der Waals surface area contributed by atoms with E-state index >= 15 is 0 Å². The van der Waals surface area contributed by atoms with Crippen molar-refractivity contribution in [3.63, 3.8) is 0 Å². The first kappa shape index (κ1) is 10.9. The van der Waals surface area contributed by atoms with E-state index in [1.165, 1.54) is 5.56 Å². The van der Waals surface area contributed by atoms with Gasteiger partial charge in [-0.3, -0.25) is 4.90 Å². The number of benzene rings is 1. The maximum Gasteiger partial charge on any atom is 0.137 e. The number of ether oxygens (including phenoxy) is 1. The number of halogens is 1. The third-order valence-electron chi connectivity index (χ3n) is 2.74. The molecule has 1 heterocycles. The fourth-order valence-electron chi connectivity index (χ4n) is 1.93. The Morgan fingerprint density at radius 2 is 2.00 bits per heavy atom. The fraction of sp³-hybridized carbons (Fsp3) is 0.500. The highest BCUT2D eigenvalue weighted by Crippen LogP contribution is 2.29. The van der Waals surface area contributed by atoms with Crippen molar-refractivity contribution in [2.45, 2.75) is 26.1 Å². The molecule has 82 valence electrons. The van der Waals surface area contributed by atoms with Crippen LogP contribution in [0, 0.1) is 0 Å². The molecule has 1 aliphatic rings. The van der Waals surface area contributed by atoms with Gasteiger partial charge in [-0.1, -0.05) is 23.7 Å². The smallest absolute Gasteiger partial charge is 0.137 e. The van der Waals surface area contributed by atoms with Crippen molar-refractivity contribution in [3.8, 4) is 0 Å². The highest BCUT2D eigenvalue weighted by Gasteiger charge is 2.28. The second-order valence-corrected chi connectivity index (χ2v) is 4.54. The molecule has 0 aromatic heterocycles. The summed E-state index contributed by atoms with van der Waals surface area (Å²) in [4.78, 5) is 2.35. The molecule has 1 fully saturated rings. The van der Waals surface area contributed by atoms with Gasteiger partial charge in [0.15, 0.2) is 0 Å². The zero-order chi connectivity index (χ0) is 10.8. The van der Waals surface area contributed by atoms with Crippen LogP contribution < -0.4 is 0 Å². The van der Waals surface area contributed by atoms with Crippen LogP contribution in [0.15, 0.2) is 24.3 Å². The topological polar surface area (TPSA) is 12.5 Å². The second-order valence-electron chi connectivity index (χ2n) is 4.11. The fourth-order valence-corrected chi connectivity index (χ4v) is 2.05. The molecule has 1 aliphatic heterocycles. The van der Waals surface area contributed by atoms with Gasteiger partial charge in [-0.05, 0) is 31.5 Å². The Labute approximate surface area is 95.8 Å². The average Bonchev–Trinajstić information content (AvgIpc) is 2.67. The van der Waals surface area contributed by atoms with Crippen LogP contribution >= 0.6 is 11.6 Å². The molecule has 3 heteroatoms. The van der Waals surface area contributed by atoms with Gasteiger partial charge < -0.3 is 4.74 Å². The molecule has 2 rings (SSSR count). The van der Waals surface area contributed by atoms with Crippen LogP contribution in [0.2, 0.25) is 5.02 Å². The van der Waals surface area contributed by atoms with Gasteiger partial charge in [0.25, 0.3) is 0 Å². The monoisotopic (exact) mass is 225 g/mol. The number of nitrogens with zero attached hydrogens (tertiary/aromatic N) is 1. The third-order valence-corrected chi connectivity index (χ3v) is 3.00. The molecule has 1 saturated heterocycles. The molecule has 0 bridgehead atoms. The standard InChI is InChI=1S/C12H16ClNO/c1-9(2)14-7-8-15-12(14)10-3-5-11(13)6-4-10/h3-6,9,12H,7-8H2,1-2H3. The molecule has 15 heavy (non-hydrogen) atoms. The van der Waals surface area contributed by atoms with Gasteiger partial charge in [0, 0.05) is 17.6 Å². The predicted octanol–water partition coefficient (Wildman–Crippen LogP) is 3.08. The maximum atomic E-state index is 5.86. The lowest BCUT2D eigenvalue weighted by Gasteiger charge is -2.26.